The molecule has 3 amide bonds. The maximum atomic E-state index is 13.2. The van der Waals surface area contributed by atoms with Crippen molar-refractivity contribution in [1.82, 2.24) is 15.5 Å². The van der Waals surface area contributed by atoms with Gasteiger partial charge in [-0.2, -0.15) is 0 Å². The Balaban J connectivity index is 2.99. The van der Waals surface area contributed by atoms with Crippen LogP contribution in [0.4, 0.5) is 0 Å². The Morgan fingerprint density at radius 1 is 0.971 bits per heavy atom. The van der Waals surface area contributed by atoms with Crippen LogP contribution in [-0.2, 0) is 19.2 Å². The summed E-state index contributed by atoms with van der Waals surface area (Å²) in [5.41, 5.74) is 17.2. The third-order valence-corrected chi connectivity index (χ3v) is 6.52. The minimum Gasteiger partial charge on any atom is -0.480 e. The second-order valence-corrected chi connectivity index (χ2v) is 9.13. The van der Waals surface area contributed by atoms with Crippen LogP contribution in [0.5, 0.6) is 0 Å². The lowest BCUT2D eigenvalue weighted by molar-refractivity contribution is -0.149. The highest BCUT2D eigenvalue weighted by molar-refractivity contribution is 5.94. The summed E-state index contributed by atoms with van der Waals surface area (Å²) in [5.74, 6) is -2.43. The minimum absolute atomic E-state index is 0.0542. The number of hydrogen-bond acceptors (Lipinski definition) is 7. The van der Waals surface area contributed by atoms with E-state index in [1.807, 2.05) is 13.8 Å². The number of carboxylic acids is 1. The number of amides is 3. The van der Waals surface area contributed by atoms with Crippen molar-refractivity contribution >= 4 is 23.7 Å². The van der Waals surface area contributed by atoms with Crippen LogP contribution in [0.25, 0.3) is 0 Å². The smallest absolute Gasteiger partial charge is 0.326 e. The normalized spacial score (nSPS) is 19.2. The number of unbranched alkanes of at least 4 members (excludes halogenated alkanes) is 2. The molecular weight excluding hydrogens is 440 g/mol. The molecule has 0 saturated carbocycles. The fourth-order valence-electron chi connectivity index (χ4n) is 4.05. The fraction of sp³-hybridized carbons (Fsp3) is 0.826. The third-order valence-electron chi connectivity index (χ3n) is 6.52. The first-order valence-corrected chi connectivity index (χ1v) is 12.5. The zero-order valence-corrected chi connectivity index (χ0v) is 20.6. The lowest BCUT2D eigenvalue weighted by Crippen LogP contribution is -2.57. The van der Waals surface area contributed by atoms with Crippen molar-refractivity contribution in [2.24, 2.45) is 23.1 Å². The summed E-state index contributed by atoms with van der Waals surface area (Å²) in [6.45, 7) is 5.04. The summed E-state index contributed by atoms with van der Waals surface area (Å²) in [5, 5.41) is 15.0. The van der Waals surface area contributed by atoms with Crippen molar-refractivity contribution in [2.45, 2.75) is 95.8 Å². The number of hydrogen-bond donors (Lipinski definition) is 6. The molecule has 5 unspecified atom stereocenters. The zero-order valence-electron chi connectivity index (χ0n) is 20.6. The molecule has 1 saturated heterocycles. The monoisotopic (exact) mass is 484 g/mol. The first-order valence-electron chi connectivity index (χ1n) is 12.5. The molecule has 0 aliphatic carbocycles. The van der Waals surface area contributed by atoms with Crippen LogP contribution in [-0.4, -0.2) is 77.5 Å². The average molecular weight is 485 g/mol. The number of nitrogens with two attached hydrogens (primary N) is 3. The molecule has 9 N–H and O–H groups in total. The Morgan fingerprint density at radius 3 is 2.06 bits per heavy atom. The van der Waals surface area contributed by atoms with Crippen LogP contribution < -0.4 is 27.8 Å². The van der Waals surface area contributed by atoms with Gasteiger partial charge in [0, 0.05) is 6.54 Å². The van der Waals surface area contributed by atoms with Gasteiger partial charge in [-0.25, -0.2) is 4.79 Å². The lowest BCUT2D eigenvalue weighted by Gasteiger charge is -2.29. The van der Waals surface area contributed by atoms with Crippen LogP contribution in [0.2, 0.25) is 0 Å². The number of carboxylic acid groups (broad SMARTS) is 1. The molecule has 196 valence electrons. The van der Waals surface area contributed by atoms with E-state index in [-0.39, 0.29) is 5.92 Å². The predicted octanol–water partition coefficient (Wildman–Crippen LogP) is -0.337. The van der Waals surface area contributed by atoms with Gasteiger partial charge in [0.05, 0.1) is 6.04 Å². The van der Waals surface area contributed by atoms with Gasteiger partial charge in [0.1, 0.15) is 18.1 Å². The number of aliphatic carboxylic acids is 1. The van der Waals surface area contributed by atoms with E-state index >= 15 is 0 Å². The maximum Gasteiger partial charge on any atom is 0.326 e. The molecular formula is C23H44N6O5. The Kier molecular flexibility index (Phi) is 13.7. The molecule has 0 aromatic carbocycles. The Bertz CT molecular complexity index is 676. The van der Waals surface area contributed by atoms with Gasteiger partial charge >= 0.3 is 5.97 Å². The summed E-state index contributed by atoms with van der Waals surface area (Å²) in [7, 11) is 0. The molecule has 11 nitrogen and oxygen atoms in total. The molecule has 0 aromatic rings. The number of nitrogens with one attached hydrogen (secondary N) is 2. The van der Waals surface area contributed by atoms with E-state index in [9.17, 15) is 24.3 Å². The summed E-state index contributed by atoms with van der Waals surface area (Å²) >= 11 is 0. The Morgan fingerprint density at radius 2 is 1.53 bits per heavy atom. The Hall–Kier alpha value is -2.24. The van der Waals surface area contributed by atoms with Gasteiger partial charge in [-0.3, -0.25) is 14.4 Å². The second kappa shape index (κ2) is 15.6. The number of nitrogens with zero attached hydrogens (tertiary/aromatic N) is 1. The van der Waals surface area contributed by atoms with Crippen LogP contribution in [0.3, 0.4) is 0 Å². The molecule has 0 bridgehead atoms. The first kappa shape index (κ1) is 29.8. The molecule has 0 spiro atoms. The summed E-state index contributed by atoms with van der Waals surface area (Å²) in [6.07, 6.45) is 4.96. The van der Waals surface area contributed by atoms with Gasteiger partial charge in [-0.1, -0.05) is 20.3 Å². The van der Waals surface area contributed by atoms with E-state index < -0.39 is 47.9 Å². The van der Waals surface area contributed by atoms with Crippen molar-refractivity contribution in [3.05, 3.63) is 0 Å². The SMILES string of the molecule is CCC(C)C(N)C(=O)NC(CCCCN)C(=O)NC(CCCCN)C(=O)N1CCCC1C(=O)O. The molecule has 1 rings (SSSR count). The first-order chi connectivity index (χ1) is 16.2. The summed E-state index contributed by atoms with van der Waals surface area (Å²) in [6, 6.07) is -3.41. The molecule has 0 aromatic heterocycles. The highest BCUT2D eigenvalue weighted by Crippen LogP contribution is 2.20. The van der Waals surface area contributed by atoms with Gasteiger partial charge in [0.15, 0.2) is 0 Å². The van der Waals surface area contributed by atoms with Crippen molar-refractivity contribution in [2.75, 3.05) is 19.6 Å². The standard InChI is InChI=1S/C23H44N6O5/c1-3-15(2)19(26)21(31)27-16(9-4-6-12-24)20(30)28-17(10-5-7-13-25)22(32)29-14-8-11-18(29)23(33)34/h15-19H,3-14,24-26H2,1-2H3,(H,27,31)(H,28,30)(H,33,34). The molecule has 1 aliphatic heterocycles. The molecule has 1 aliphatic rings. The van der Waals surface area contributed by atoms with Gasteiger partial charge < -0.3 is 37.8 Å². The number of rotatable bonds is 16. The van der Waals surface area contributed by atoms with Crippen LogP contribution in [0, 0.1) is 5.92 Å². The molecule has 11 heteroatoms. The van der Waals surface area contributed by atoms with Gasteiger partial charge in [0.2, 0.25) is 17.7 Å². The van der Waals surface area contributed by atoms with E-state index in [1.54, 1.807) is 0 Å². The van der Waals surface area contributed by atoms with Crippen LogP contribution in [0.15, 0.2) is 0 Å². The lowest BCUT2D eigenvalue weighted by atomic mass is 9.98. The molecule has 1 fully saturated rings. The van der Waals surface area contributed by atoms with E-state index in [1.165, 1.54) is 4.90 Å². The second-order valence-electron chi connectivity index (χ2n) is 9.13. The van der Waals surface area contributed by atoms with Crippen molar-refractivity contribution in [3.63, 3.8) is 0 Å². The summed E-state index contributed by atoms with van der Waals surface area (Å²) < 4.78 is 0. The summed E-state index contributed by atoms with van der Waals surface area (Å²) in [4.78, 5) is 52.0. The van der Waals surface area contributed by atoms with E-state index in [4.69, 9.17) is 17.2 Å². The topological polar surface area (TPSA) is 194 Å². The van der Waals surface area contributed by atoms with E-state index in [0.29, 0.717) is 71.0 Å². The molecule has 34 heavy (non-hydrogen) atoms. The number of carbonyl (C=O) groups is 4. The van der Waals surface area contributed by atoms with Crippen LogP contribution in [0.1, 0.15) is 71.6 Å². The molecule has 0 radical (unpaired) electrons. The predicted molar refractivity (Wildman–Crippen MR) is 129 cm³/mol. The van der Waals surface area contributed by atoms with E-state index in [0.717, 1.165) is 6.42 Å². The van der Waals surface area contributed by atoms with Gasteiger partial charge in [-0.05, 0) is 70.4 Å². The van der Waals surface area contributed by atoms with Gasteiger partial charge in [-0.15, -0.1) is 0 Å². The minimum atomic E-state index is -1.05. The van der Waals surface area contributed by atoms with Crippen LogP contribution >= 0.6 is 0 Å². The number of carbonyl (C=O) groups excluding carboxylic acids is 3. The third kappa shape index (κ3) is 9.19. The molecule has 1 heterocycles. The average Bonchev–Trinajstić information content (AvgIpc) is 3.31. The quantitative estimate of drug-likeness (QED) is 0.160. The van der Waals surface area contributed by atoms with E-state index in [2.05, 4.69) is 10.6 Å². The Labute approximate surface area is 202 Å². The molecule has 5 atom stereocenters. The zero-order chi connectivity index (χ0) is 25.7. The largest absolute Gasteiger partial charge is 0.480 e. The maximum absolute atomic E-state index is 13.2. The fourth-order valence-corrected chi connectivity index (χ4v) is 4.05. The van der Waals surface area contributed by atoms with Crippen molar-refractivity contribution in [3.8, 4) is 0 Å². The van der Waals surface area contributed by atoms with Gasteiger partial charge in [0.25, 0.3) is 0 Å². The van der Waals surface area contributed by atoms with Crippen molar-refractivity contribution in [1.29, 1.82) is 0 Å². The highest BCUT2D eigenvalue weighted by atomic mass is 16.4. The highest BCUT2D eigenvalue weighted by Gasteiger charge is 2.38. The van der Waals surface area contributed by atoms with Crippen molar-refractivity contribution < 1.29 is 24.3 Å². The number of likely N-dealkylation sites (tertiary alicyclic amines) is 1.